The molecule has 1 N–H and O–H groups in total. The summed E-state index contributed by atoms with van der Waals surface area (Å²) < 4.78 is 40.1. The van der Waals surface area contributed by atoms with Crippen LogP contribution in [0.5, 0.6) is 11.5 Å². The number of nitrogens with one attached hydrogen (secondary N) is 1. The highest BCUT2D eigenvalue weighted by atomic mass is 35.5. The topological polar surface area (TPSA) is 148 Å². The fraction of sp³-hybridized carbons (Fsp3) is 0.375. The van der Waals surface area contributed by atoms with Crippen LogP contribution in [0.3, 0.4) is 0 Å². The van der Waals surface area contributed by atoms with Crippen molar-refractivity contribution in [1.82, 2.24) is 10.2 Å². The van der Waals surface area contributed by atoms with Crippen molar-refractivity contribution in [2.75, 3.05) is 25.1 Å². The van der Waals surface area contributed by atoms with Gasteiger partial charge in [0.2, 0.25) is 11.8 Å². The first-order valence-electron chi connectivity index (χ1n) is 14.6. The Morgan fingerprint density at radius 1 is 1.00 bits per heavy atom. The molecule has 3 rings (SSSR count). The van der Waals surface area contributed by atoms with Gasteiger partial charge < -0.3 is 19.7 Å². The summed E-state index contributed by atoms with van der Waals surface area (Å²) in [4.78, 5) is 39.7. The van der Waals surface area contributed by atoms with Gasteiger partial charge in [0.15, 0.2) is 0 Å². The van der Waals surface area contributed by atoms with Crippen molar-refractivity contribution in [2.24, 2.45) is 0 Å². The predicted molar refractivity (Wildman–Crippen MR) is 176 cm³/mol. The van der Waals surface area contributed by atoms with Crippen LogP contribution < -0.4 is 19.1 Å². The highest BCUT2D eigenvalue weighted by Crippen LogP contribution is 2.36. The molecule has 12 nitrogen and oxygen atoms in total. The lowest BCUT2D eigenvalue weighted by atomic mass is 10.1. The van der Waals surface area contributed by atoms with Crippen LogP contribution in [-0.4, -0.2) is 62.9 Å². The van der Waals surface area contributed by atoms with Gasteiger partial charge in [-0.3, -0.25) is 24.0 Å². The number of nitro groups is 1. The minimum absolute atomic E-state index is 0.0220. The van der Waals surface area contributed by atoms with Gasteiger partial charge in [0, 0.05) is 29.2 Å². The standard InChI is InChI=1S/C32H39ClN4O8S/c1-7-22(4)34-32(39)27(8-2)35(19-23-10-13-25(44-5)14-11-23)31(38)20-36(29-17-24(33)12-16-30(29)45-6)46(42,43)26-15-9-21(3)28(18-26)37(40)41/h9-18,22,27H,7-8,19-20H2,1-6H3,(H,34,39). The lowest BCUT2D eigenvalue weighted by Gasteiger charge is -2.34. The van der Waals surface area contributed by atoms with Crippen molar-refractivity contribution in [3.05, 3.63) is 86.9 Å². The second-order valence-electron chi connectivity index (χ2n) is 10.6. The molecule has 0 spiro atoms. The second-order valence-corrected chi connectivity index (χ2v) is 12.9. The Balaban J connectivity index is 2.18. The number of carbonyl (C=O) groups is 2. The summed E-state index contributed by atoms with van der Waals surface area (Å²) in [7, 11) is -1.78. The SMILES string of the molecule is CCC(C)NC(=O)C(CC)N(Cc1ccc(OC)cc1)C(=O)CN(c1cc(Cl)ccc1OC)S(=O)(=O)c1ccc(C)c([N+](=O)[O-])c1. The van der Waals surface area contributed by atoms with Crippen LogP contribution in [-0.2, 0) is 26.2 Å². The van der Waals surface area contributed by atoms with E-state index in [1.807, 2.05) is 13.8 Å². The van der Waals surface area contributed by atoms with E-state index in [0.29, 0.717) is 17.7 Å². The number of aryl methyl sites for hydroxylation is 1. The molecule has 0 aromatic heterocycles. The molecule has 0 saturated carbocycles. The van der Waals surface area contributed by atoms with Crippen molar-refractivity contribution < 1.29 is 32.4 Å². The minimum atomic E-state index is -4.64. The molecular weight excluding hydrogens is 636 g/mol. The summed E-state index contributed by atoms with van der Waals surface area (Å²) in [5.41, 5.74) is 0.468. The van der Waals surface area contributed by atoms with Crippen LogP contribution in [0.1, 0.15) is 44.7 Å². The average molecular weight is 675 g/mol. The number of hydrogen-bond donors (Lipinski definition) is 1. The molecule has 2 amide bonds. The number of benzene rings is 3. The zero-order valence-electron chi connectivity index (χ0n) is 26.7. The van der Waals surface area contributed by atoms with Gasteiger partial charge in [-0.25, -0.2) is 8.42 Å². The first kappa shape index (κ1) is 36.1. The third-order valence-electron chi connectivity index (χ3n) is 7.55. The summed E-state index contributed by atoms with van der Waals surface area (Å²) in [6.45, 7) is 6.22. The monoisotopic (exact) mass is 674 g/mol. The number of sulfonamides is 1. The van der Waals surface area contributed by atoms with Crippen LogP contribution >= 0.6 is 11.6 Å². The number of anilines is 1. The number of carbonyl (C=O) groups excluding carboxylic acids is 2. The van der Waals surface area contributed by atoms with Crippen LogP contribution in [0.25, 0.3) is 0 Å². The first-order valence-corrected chi connectivity index (χ1v) is 16.4. The quantitative estimate of drug-likeness (QED) is 0.164. The maximum atomic E-state index is 14.3. The molecule has 0 aliphatic rings. The number of methoxy groups -OCH3 is 2. The number of amides is 2. The van der Waals surface area contributed by atoms with Crippen LogP contribution in [0.2, 0.25) is 5.02 Å². The number of nitro benzene ring substituents is 1. The van der Waals surface area contributed by atoms with Crippen molar-refractivity contribution in [3.8, 4) is 11.5 Å². The van der Waals surface area contributed by atoms with Gasteiger partial charge in [0.1, 0.15) is 24.1 Å². The normalized spacial score (nSPS) is 12.5. The smallest absolute Gasteiger partial charge is 0.273 e. The molecule has 0 heterocycles. The third-order valence-corrected chi connectivity index (χ3v) is 9.54. The summed E-state index contributed by atoms with van der Waals surface area (Å²) in [5.74, 6) is -0.400. The number of ether oxygens (including phenoxy) is 2. The van der Waals surface area contributed by atoms with Gasteiger partial charge in [0.25, 0.3) is 15.7 Å². The first-order chi connectivity index (χ1) is 21.8. The molecule has 3 aromatic rings. The Kier molecular flexibility index (Phi) is 12.4. The van der Waals surface area contributed by atoms with Crippen LogP contribution in [0.4, 0.5) is 11.4 Å². The molecule has 2 unspecified atom stereocenters. The Hall–Kier alpha value is -4.36. The van der Waals surface area contributed by atoms with E-state index >= 15 is 0 Å². The van der Waals surface area contributed by atoms with Crippen LogP contribution in [0.15, 0.2) is 65.6 Å². The van der Waals surface area contributed by atoms with Crippen molar-refractivity contribution in [1.29, 1.82) is 0 Å². The summed E-state index contributed by atoms with van der Waals surface area (Å²) in [5, 5.41) is 14.8. The lowest BCUT2D eigenvalue weighted by molar-refractivity contribution is -0.385. The minimum Gasteiger partial charge on any atom is -0.497 e. The van der Waals surface area contributed by atoms with E-state index in [2.05, 4.69) is 5.32 Å². The zero-order valence-corrected chi connectivity index (χ0v) is 28.2. The molecule has 248 valence electrons. The molecule has 14 heteroatoms. The molecule has 0 aliphatic carbocycles. The highest BCUT2D eigenvalue weighted by Gasteiger charge is 2.36. The van der Waals surface area contributed by atoms with E-state index in [-0.39, 0.29) is 46.9 Å². The second kappa shape index (κ2) is 15.8. The fourth-order valence-electron chi connectivity index (χ4n) is 4.73. The number of halogens is 1. The highest BCUT2D eigenvalue weighted by molar-refractivity contribution is 7.92. The molecule has 0 bridgehead atoms. The summed E-state index contributed by atoms with van der Waals surface area (Å²) in [6, 6.07) is 13.6. The van der Waals surface area contributed by atoms with E-state index in [4.69, 9.17) is 21.1 Å². The van der Waals surface area contributed by atoms with Gasteiger partial charge in [-0.15, -0.1) is 0 Å². The van der Waals surface area contributed by atoms with E-state index < -0.39 is 44.0 Å². The fourth-order valence-corrected chi connectivity index (χ4v) is 6.34. The zero-order chi connectivity index (χ0) is 34.2. The maximum Gasteiger partial charge on any atom is 0.273 e. The van der Waals surface area contributed by atoms with Gasteiger partial charge in [-0.05, 0) is 68.7 Å². The molecule has 0 aliphatic heterocycles. The molecule has 2 atom stereocenters. The average Bonchev–Trinajstić information content (AvgIpc) is 3.03. The van der Waals surface area contributed by atoms with Gasteiger partial charge in [-0.2, -0.15) is 0 Å². The Morgan fingerprint density at radius 3 is 2.24 bits per heavy atom. The predicted octanol–water partition coefficient (Wildman–Crippen LogP) is 5.49. The number of nitrogens with zero attached hydrogens (tertiary/aromatic N) is 3. The lowest BCUT2D eigenvalue weighted by Crippen LogP contribution is -2.53. The Labute approximate surface area is 274 Å². The Bertz CT molecular complexity index is 1670. The molecule has 0 radical (unpaired) electrons. The van der Waals surface area contributed by atoms with Gasteiger partial charge in [-0.1, -0.05) is 43.6 Å². The van der Waals surface area contributed by atoms with E-state index in [1.54, 1.807) is 31.2 Å². The molecule has 3 aromatic carbocycles. The molecular formula is C32H39ClN4O8S. The third kappa shape index (κ3) is 8.46. The largest absolute Gasteiger partial charge is 0.497 e. The van der Waals surface area contributed by atoms with Crippen molar-refractivity contribution >= 4 is 44.8 Å². The van der Waals surface area contributed by atoms with Crippen molar-refractivity contribution in [2.45, 2.75) is 64.1 Å². The Morgan fingerprint density at radius 2 is 1.67 bits per heavy atom. The summed E-state index contributed by atoms with van der Waals surface area (Å²) >= 11 is 6.28. The molecule has 0 fully saturated rings. The number of hydrogen-bond acceptors (Lipinski definition) is 8. The molecule has 0 saturated heterocycles. The van der Waals surface area contributed by atoms with Gasteiger partial charge >= 0.3 is 0 Å². The molecule has 46 heavy (non-hydrogen) atoms. The number of rotatable bonds is 15. The van der Waals surface area contributed by atoms with E-state index in [9.17, 15) is 28.1 Å². The maximum absolute atomic E-state index is 14.3. The van der Waals surface area contributed by atoms with E-state index in [1.165, 1.54) is 56.4 Å². The van der Waals surface area contributed by atoms with E-state index in [0.717, 1.165) is 10.4 Å². The van der Waals surface area contributed by atoms with Crippen molar-refractivity contribution in [3.63, 3.8) is 0 Å². The van der Waals surface area contributed by atoms with Gasteiger partial charge in [0.05, 0.1) is 29.7 Å². The van der Waals surface area contributed by atoms with Crippen LogP contribution in [0, 0.1) is 17.0 Å². The summed E-state index contributed by atoms with van der Waals surface area (Å²) in [6.07, 6.45) is 0.902.